The molecule has 0 aromatic rings. The van der Waals surface area contributed by atoms with Gasteiger partial charge >= 0.3 is 0 Å². The van der Waals surface area contributed by atoms with Gasteiger partial charge in [0.15, 0.2) is 0 Å². The van der Waals surface area contributed by atoms with Crippen molar-refractivity contribution in [1.29, 1.82) is 0 Å². The van der Waals surface area contributed by atoms with Crippen molar-refractivity contribution in [2.75, 3.05) is 6.54 Å². The highest BCUT2D eigenvalue weighted by Gasteiger charge is 2.14. The van der Waals surface area contributed by atoms with E-state index >= 15 is 0 Å². The van der Waals surface area contributed by atoms with Crippen LogP contribution in [-0.4, -0.2) is 18.5 Å². The monoisotopic (exact) mass is 212 g/mol. The van der Waals surface area contributed by atoms with E-state index in [1.807, 2.05) is 6.92 Å². The average molecular weight is 212 g/mol. The summed E-state index contributed by atoms with van der Waals surface area (Å²) in [5.41, 5.74) is 5.54. The quantitative estimate of drug-likeness (QED) is 0.660. The summed E-state index contributed by atoms with van der Waals surface area (Å²) in [7, 11) is 0. The van der Waals surface area contributed by atoms with Gasteiger partial charge in [0.25, 0.3) is 0 Å². The number of carbonyl (C=O) groups excluding carboxylic acids is 1. The molecule has 0 radical (unpaired) electrons. The standard InChI is InChI=1S/C12H24N2O/c1-10(13)9-12(15)14-8-4-7-11-5-2-3-6-11/h10-11H,2-9,13H2,1H3,(H,14,15). The third-order valence-corrected chi connectivity index (χ3v) is 3.09. The van der Waals surface area contributed by atoms with Crippen LogP contribution >= 0.6 is 0 Å². The van der Waals surface area contributed by atoms with Gasteiger partial charge in [-0.25, -0.2) is 0 Å². The van der Waals surface area contributed by atoms with Gasteiger partial charge in [-0.3, -0.25) is 4.79 Å². The molecule has 0 bridgehead atoms. The fourth-order valence-electron chi connectivity index (χ4n) is 2.28. The predicted molar refractivity (Wildman–Crippen MR) is 62.5 cm³/mol. The fourth-order valence-corrected chi connectivity index (χ4v) is 2.28. The molecule has 3 nitrogen and oxygen atoms in total. The van der Waals surface area contributed by atoms with Gasteiger partial charge in [-0.05, 0) is 25.7 Å². The van der Waals surface area contributed by atoms with Crippen molar-refractivity contribution < 1.29 is 4.79 Å². The zero-order valence-corrected chi connectivity index (χ0v) is 9.80. The second kappa shape index (κ2) is 6.83. The van der Waals surface area contributed by atoms with E-state index in [4.69, 9.17) is 5.73 Å². The zero-order valence-electron chi connectivity index (χ0n) is 9.80. The molecular weight excluding hydrogens is 188 g/mol. The topological polar surface area (TPSA) is 55.1 Å². The van der Waals surface area contributed by atoms with Crippen LogP contribution in [0, 0.1) is 5.92 Å². The molecule has 1 aliphatic carbocycles. The summed E-state index contributed by atoms with van der Waals surface area (Å²) in [6.45, 7) is 2.68. The first-order valence-corrected chi connectivity index (χ1v) is 6.20. The van der Waals surface area contributed by atoms with Crippen molar-refractivity contribution in [1.82, 2.24) is 5.32 Å². The Morgan fingerprint density at radius 1 is 1.47 bits per heavy atom. The summed E-state index contributed by atoms with van der Waals surface area (Å²) in [4.78, 5) is 11.3. The van der Waals surface area contributed by atoms with E-state index in [0.29, 0.717) is 6.42 Å². The largest absolute Gasteiger partial charge is 0.356 e. The van der Waals surface area contributed by atoms with E-state index < -0.39 is 0 Å². The third-order valence-electron chi connectivity index (χ3n) is 3.09. The average Bonchev–Trinajstić information content (AvgIpc) is 2.63. The van der Waals surface area contributed by atoms with Crippen LogP contribution in [0.25, 0.3) is 0 Å². The van der Waals surface area contributed by atoms with Gasteiger partial charge in [0.1, 0.15) is 0 Å². The van der Waals surface area contributed by atoms with Gasteiger partial charge in [0.05, 0.1) is 0 Å². The second-order valence-corrected chi connectivity index (χ2v) is 4.82. The molecule has 1 rings (SSSR count). The first-order valence-electron chi connectivity index (χ1n) is 6.20. The van der Waals surface area contributed by atoms with Crippen molar-refractivity contribution >= 4 is 5.91 Å². The molecule has 1 atom stereocenters. The number of hydrogen-bond acceptors (Lipinski definition) is 2. The molecule has 1 unspecified atom stereocenters. The van der Waals surface area contributed by atoms with E-state index in [1.165, 1.54) is 32.1 Å². The Bertz CT molecular complexity index is 186. The number of rotatable bonds is 6. The van der Waals surface area contributed by atoms with Crippen molar-refractivity contribution in [3.8, 4) is 0 Å². The lowest BCUT2D eigenvalue weighted by atomic mass is 10.0. The molecular formula is C12H24N2O. The van der Waals surface area contributed by atoms with E-state index in [0.717, 1.165) is 18.9 Å². The van der Waals surface area contributed by atoms with E-state index in [9.17, 15) is 4.79 Å². The minimum Gasteiger partial charge on any atom is -0.356 e. The molecule has 1 amide bonds. The predicted octanol–water partition coefficient (Wildman–Crippen LogP) is 1.81. The van der Waals surface area contributed by atoms with Crippen LogP contribution in [0.2, 0.25) is 0 Å². The first-order chi connectivity index (χ1) is 7.18. The molecule has 1 aliphatic rings. The van der Waals surface area contributed by atoms with Crippen LogP contribution < -0.4 is 11.1 Å². The minimum atomic E-state index is -0.0279. The number of carbonyl (C=O) groups is 1. The Morgan fingerprint density at radius 2 is 2.13 bits per heavy atom. The van der Waals surface area contributed by atoms with Crippen LogP contribution in [0.1, 0.15) is 51.9 Å². The molecule has 3 heteroatoms. The van der Waals surface area contributed by atoms with E-state index in [1.54, 1.807) is 0 Å². The molecule has 0 spiro atoms. The maximum atomic E-state index is 11.3. The Morgan fingerprint density at radius 3 is 2.73 bits per heavy atom. The fraction of sp³-hybridized carbons (Fsp3) is 0.917. The Hall–Kier alpha value is -0.570. The lowest BCUT2D eigenvalue weighted by molar-refractivity contribution is -0.121. The maximum Gasteiger partial charge on any atom is 0.221 e. The van der Waals surface area contributed by atoms with Crippen LogP contribution in [-0.2, 0) is 4.79 Å². The van der Waals surface area contributed by atoms with Crippen LogP contribution in [0.15, 0.2) is 0 Å². The highest BCUT2D eigenvalue weighted by atomic mass is 16.1. The van der Waals surface area contributed by atoms with E-state index in [-0.39, 0.29) is 11.9 Å². The second-order valence-electron chi connectivity index (χ2n) is 4.82. The summed E-state index contributed by atoms with van der Waals surface area (Å²) < 4.78 is 0. The van der Waals surface area contributed by atoms with Crippen molar-refractivity contribution in [2.24, 2.45) is 11.7 Å². The number of hydrogen-bond donors (Lipinski definition) is 2. The minimum absolute atomic E-state index is 0.0279. The molecule has 15 heavy (non-hydrogen) atoms. The van der Waals surface area contributed by atoms with Gasteiger partial charge in [0, 0.05) is 19.0 Å². The lowest BCUT2D eigenvalue weighted by Crippen LogP contribution is -2.30. The first kappa shape index (κ1) is 12.5. The van der Waals surface area contributed by atoms with Crippen LogP contribution in [0.4, 0.5) is 0 Å². The lowest BCUT2D eigenvalue weighted by Gasteiger charge is -2.10. The smallest absolute Gasteiger partial charge is 0.221 e. The summed E-state index contributed by atoms with van der Waals surface area (Å²) >= 11 is 0. The summed E-state index contributed by atoms with van der Waals surface area (Å²) in [5.74, 6) is 1.02. The maximum absolute atomic E-state index is 11.3. The van der Waals surface area contributed by atoms with Crippen molar-refractivity contribution in [3.63, 3.8) is 0 Å². The highest BCUT2D eigenvalue weighted by molar-refractivity contribution is 5.76. The van der Waals surface area contributed by atoms with Crippen LogP contribution in [0.5, 0.6) is 0 Å². The molecule has 0 heterocycles. The SMILES string of the molecule is CC(N)CC(=O)NCCCC1CCCC1. The van der Waals surface area contributed by atoms with Gasteiger partial charge in [-0.1, -0.05) is 25.7 Å². The molecule has 0 aliphatic heterocycles. The normalized spacial score (nSPS) is 19.1. The van der Waals surface area contributed by atoms with Gasteiger partial charge in [-0.2, -0.15) is 0 Å². The van der Waals surface area contributed by atoms with Gasteiger partial charge in [0.2, 0.25) is 5.91 Å². The molecule has 0 aromatic carbocycles. The highest BCUT2D eigenvalue weighted by Crippen LogP contribution is 2.28. The van der Waals surface area contributed by atoms with Gasteiger partial charge < -0.3 is 11.1 Å². The molecule has 0 aromatic heterocycles. The molecule has 3 N–H and O–H groups in total. The third kappa shape index (κ3) is 5.78. The van der Waals surface area contributed by atoms with Crippen molar-refractivity contribution in [2.45, 2.75) is 57.9 Å². The summed E-state index contributed by atoms with van der Waals surface area (Å²) in [6, 6.07) is -0.0279. The molecule has 88 valence electrons. The van der Waals surface area contributed by atoms with Crippen molar-refractivity contribution in [3.05, 3.63) is 0 Å². The van der Waals surface area contributed by atoms with Crippen LogP contribution in [0.3, 0.4) is 0 Å². The molecule has 1 saturated carbocycles. The Balaban J connectivity index is 1.94. The van der Waals surface area contributed by atoms with E-state index in [2.05, 4.69) is 5.32 Å². The Kier molecular flexibility index (Phi) is 5.69. The summed E-state index contributed by atoms with van der Waals surface area (Å²) in [6.07, 6.45) is 8.45. The molecule has 0 saturated heterocycles. The molecule has 1 fully saturated rings. The van der Waals surface area contributed by atoms with Gasteiger partial charge in [-0.15, -0.1) is 0 Å². The number of nitrogens with two attached hydrogens (primary N) is 1. The number of amides is 1. The Labute approximate surface area is 92.8 Å². The summed E-state index contributed by atoms with van der Waals surface area (Å²) in [5, 5.41) is 2.92. The zero-order chi connectivity index (χ0) is 11.1. The number of nitrogens with one attached hydrogen (secondary N) is 1.